The van der Waals surface area contributed by atoms with Crippen LogP contribution in [0.15, 0.2) is 12.3 Å². The van der Waals surface area contributed by atoms with Gasteiger partial charge in [0, 0.05) is 12.7 Å². The van der Waals surface area contributed by atoms with Gasteiger partial charge >= 0.3 is 0 Å². The van der Waals surface area contributed by atoms with Gasteiger partial charge in [-0.25, -0.2) is 4.98 Å². The molecule has 0 aliphatic rings. The Bertz CT molecular complexity index is 432. The first kappa shape index (κ1) is 16.3. The summed E-state index contributed by atoms with van der Waals surface area (Å²) in [7, 11) is -1.68. The number of aromatic nitrogens is 1. The predicted molar refractivity (Wildman–Crippen MR) is 85.3 cm³/mol. The van der Waals surface area contributed by atoms with Crippen molar-refractivity contribution in [1.29, 1.82) is 0 Å². The van der Waals surface area contributed by atoms with E-state index in [0.717, 1.165) is 0 Å². The predicted octanol–water partition coefficient (Wildman–Crippen LogP) is 3.75. The van der Waals surface area contributed by atoms with E-state index in [1.807, 2.05) is 0 Å². The fourth-order valence-electron chi connectivity index (χ4n) is 1.29. The van der Waals surface area contributed by atoms with Crippen LogP contribution in [0.2, 0.25) is 23.2 Å². The van der Waals surface area contributed by atoms with E-state index in [0.29, 0.717) is 29.7 Å². The highest BCUT2D eigenvalue weighted by Gasteiger charge is 2.36. The SMILES string of the molecule is CC(C)(C)[Si](C)(C)OCCNc1ncc(Cl)cc1N. The Morgan fingerprint density at radius 2 is 2.05 bits per heavy atom. The van der Waals surface area contributed by atoms with Gasteiger partial charge in [-0.3, -0.25) is 0 Å². The minimum atomic E-state index is -1.68. The molecule has 108 valence electrons. The fraction of sp³-hybridized carbons (Fsp3) is 0.615. The van der Waals surface area contributed by atoms with Crippen LogP contribution in [-0.2, 0) is 4.43 Å². The molecule has 6 heteroatoms. The Labute approximate surface area is 121 Å². The number of nitrogens with one attached hydrogen (secondary N) is 1. The van der Waals surface area contributed by atoms with Crippen molar-refractivity contribution in [2.45, 2.75) is 38.9 Å². The van der Waals surface area contributed by atoms with Crippen LogP contribution in [0.3, 0.4) is 0 Å². The summed E-state index contributed by atoms with van der Waals surface area (Å²) in [5, 5.41) is 3.94. The van der Waals surface area contributed by atoms with Gasteiger partial charge in [0.15, 0.2) is 8.32 Å². The van der Waals surface area contributed by atoms with E-state index in [4.69, 9.17) is 21.8 Å². The van der Waals surface area contributed by atoms with Gasteiger partial charge in [-0.15, -0.1) is 0 Å². The summed E-state index contributed by atoms with van der Waals surface area (Å²) < 4.78 is 6.06. The Balaban J connectivity index is 2.43. The van der Waals surface area contributed by atoms with E-state index < -0.39 is 8.32 Å². The molecule has 0 bridgehead atoms. The third-order valence-electron chi connectivity index (χ3n) is 3.55. The maximum absolute atomic E-state index is 6.06. The van der Waals surface area contributed by atoms with Crippen LogP contribution in [-0.4, -0.2) is 26.5 Å². The first-order valence-corrected chi connectivity index (χ1v) is 9.71. The van der Waals surface area contributed by atoms with Gasteiger partial charge in [0.2, 0.25) is 0 Å². The smallest absolute Gasteiger partial charge is 0.192 e. The van der Waals surface area contributed by atoms with Crippen molar-refractivity contribution in [3.8, 4) is 0 Å². The van der Waals surface area contributed by atoms with Crippen LogP contribution in [0.25, 0.3) is 0 Å². The summed E-state index contributed by atoms with van der Waals surface area (Å²) in [4.78, 5) is 4.15. The molecule has 1 heterocycles. The molecule has 0 aliphatic heterocycles. The Kier molecular flexibility index (Phi) is 5.23. The molecule has 1 rings (SSSR count). The van der Waals surface area contributed by atoms with Crippen molar-refractivity contribution >= 4 is 31.4 Å². The van der Waals surface area contributed by atoms with E-state index in [1.165, 1.54) is 0 Å². The number of hydrogen-bond donors (Lipinski definition) is 2. The van der Waals surface area contributed by atoms with Crippen LogP contribution in [0.1, 0.15) is 20.8 Å². The molecule has 4 nitrogen and oxygen atoms in total. The van der Waals surface area contributed by atoms with E-state index in [2.05, 4.69) is 44.2 Å². The molecule has 0 spiro atoms. The van der Waals surface area contributed by atoms with Crippen molar-refractivity contribution in [1.82, 2.24) is 4.98 Å². The molecule has 0 aliphatic carbocycles. The number of hydrogen-bond acceptors (Lipinski definition) is 4. The molecule has 0 aromatic carbocycles. The fourth-order valence-corrected chi connectivity index (χ4v) is 2.51. The lowest BCUT2D eigenvalue weighted by Gasteiger charge is -2.36. The van der Waals surface area contributed by atoms with Crippen molar-refractivity contribution < 1.29 is 4.43 Å². The second-order valence-electron chi connectivity index (χ2n) is 6.13. The lowest BCUT2D eigenvalue weighted by molar-refractivity contribution is 0.301. The van der Waals surface area contributed by atoms with Crippen molar-refractivity contribution in [2.75, 3.05) is 24.2 Å². The van der Waals surface area contributed by atoms with Gasteiger partial charge in [0.25, 0.3) is 0 Å². The largest absolute Gasteiger partial charge is 0.415 e. The molecule has 19 heavy (non-hydrogen) atoms. The molecule has 0 fully saturated rings. The van der Waals surface area contributed by atoms with E-state index in [9.17, 15) is 0 Å². The molecule has 0 unspecified atom stereocenters. The Hall–Kier alpha value is -0.783. The van der Waals surface area contributed by atoms with Gasteiger partial charge < -0.3 is 15.5 Å². The number of nitrogens with two attached hydrogens (primary N) is 1. The maximum Gasteiger partial charge on any atom is 0.192 e. The third kappa shape index (κ3) is 4.67. The summed E-state index contributed by atoms with van der Waals surface area (Å²) in [5.41, 5.74) is 6.37. The van der Waals surface area contributed by atoms with Gasteiger partial charge in [-0.2, -0.15) is 0 Å². The van der Waals surface area contributed by atoms with E-state index in [-0.39, 0.29) is 5.04 Å². The summed E-state index contributed by atoms with van der Waals surface area (Å²) in [5.74, 6) is 0.656. The molecule has 1 aromatic rings. The molecule has 0 amide bonds. The third-order valence-corrected chi connectivity index (χ3v) is 8.29. The number of nitrogen functional groups attached to an aromatic ring is 1. The molecular weight excluding hydrogens is 278 g/mol. The van der Waals surface area contributed by atoms with Crippen molar-refractivity contribution in [3.05, 3.63) is 17.3 Å². The van der Waals surface area contributed by atoms with Gasteiger partial charge in [-0.1, -0.05) is 32.4 Å². The van der Waals surface area contributed by atoms with Gasteiger partial charge in [0.1, 0.15) is 5.82 Å². The molecule has 0 saturated heterocycles. The van der Waals surface area contributed by atoms with Gasteiger partial charge in [-0.05, 0) is 24.2 Å². The Morgan fingerprint density at radius 1 is 1.42 bits per heavy atom. The van der Waals surface area contributed by atoms with E-state index in [1.54, 1.807) is 12.3 Å². The first-order chi connectivity index (χ1) is 8.63. The average Bonchev–Trinajstić information content (AvgIpc) is 2.25. The zero-order chi connectivity index (χ0) is 14.7. The highest BCUT2D eigenvalue weighted by atomic mass is 35.5. The zero-order valence-corrected chi connectivity index (χ0v) is 14.1. The second kappa shape index (κ2) is 6.11. The lowest BCUT2D eigenvalue weighted by Crippen LogP contribution is -2.41. The second-order valence-corrected chi connectivity index (χ2v) is 11.4. The van der Waals surface area contributed by atoms with Crippen LogP contribution in [0, 0.1) is 0 Å². The molecule has 3 N–H and O–H groups in total. The highest BCUT2D eigenvalue weighted by Crippen LogP contribution is 2.36. The standard InChI is InChI=1S/C13H24ClN3OSi/c1-13(2,3)19(4,5)18-7-6-16-12-11(15)8-10(14)9-17-12/h8-9H,6-7,15H2,1-5H3,(H,16,17). The summed E-state index contributed by atoms with van der Waals surface area (Å²) in [6.45, 7) is 12.5. The minimum absolute atomic E-state index is 0.227. The molecule has 0 radical (unpaired) electrons. The monoisotopic (exact) mass is 301 g/mol. The van der Waals surface area contributed by atoms with Crippen LogP contribution in [0.5, 0.6) is 0 Å². The van der Waals surface area contributed by atoms with Crippen LogP contribution in [0.4, 0.5) is 11.5 Å². The molecular formula is C13H24ClN3OSi. The number of pyridine rings is 1. The summed E-state index contributed by atoms with van der Waals surface area (Å²) in [6, 6.07) is 1.69. The van der Waals surface area contributed by atoms with Crippen molar-refractivity contribution in [2.24, 2.45) is 0 Å². The Morgan fingerprint density at radius 3 is 2.58 bits per heavy atom. The minimum Gasteiger partial charge on any atom is -0.415 e. The number of nitrogens with zero attached hydrogens (tertiary/aromatic N) is 1. The van der Waals surface area contributed by atoms with E-state index >= 15 is 0 Å². The zero-order valence-electron chi connectivity index (χ0n) is 12.4. The summed E-state index contributed by atoms with van der Waals surface area (Å²) >= 11 is 5.80. The molecule has 0 saturated carbocycles. The molecule has 0 atom stereocenters. The van der Waals surface area contributed by atoms with Crippen molar-refractivity contribution in [3.63, 3.8) is 0 Å². The number of anilines is 2. The normalized spacial score (nSPS) is 12.5. The first-order valence-electron chi connectivity index (χ1n) is 6.42. The summed E-state index contributed by atoms with van der Waals surface area (Å²) in [6.07, 6.45) is 1.58. The highest BCUT2D eigenvalue weighted by molar-refractivity contribution is 6.74. The van der Waals surface area contributed by atoms with Crippen LogP contribution < -0.4 is 11.1 Å². The van der Waals surface area contributed by atoms with Crippen LogP contribution >= 0.6 is 11.6 Å². The quantitative estimate of drug-likeness (QED) is 0.642. The topological polar surface area (TPSA) is 60.2 Å². The molecule has 1 aromatic heterocycles. The van der Waals surface area contributed by atoms with Gasteiger partial charge in [0.05, 0.1) is 17.3 Å². The number of halogens is 1. The average molecular weight is 302 g/mol. The maximum atomic E-state index is 6.06. The lowest BCUT2D eigenvalue weighted by atomic mass is 10.2. The number of rotatable bonds is 5.